The molecule has 0 aliphatic carbocycles. The Morgan fingerprint density at radius 1 is 0.853 bits per heavy atom. The molecule has 2 aliphatic rings. The maximum Gasteiger partial charge on any atom is 0.331 e. The Morgan fingerprint density at radius 2 is 1.41 bits per heavy atom. The minimum absolute atomic E-state index is 0.268. The van der Waals surface area contributed by atoms with Crippen LogP contribution in [-0.2, 0) is 41.1 Å². The molecule has 8 heteroatoms. The maximum absolute atomic E-state index is 12.3. The fourth-order valence-corrected chi connectivity index (χ4v) is 4.39. The molecule has 0 bridgehead atoms. The van der Waals surface area contributed by atoms with Gasteiger partial charge in [0, 0.05) is 6.08 Å². The summed E-state index contributed by atoms with van der Waals surface area (Å²) >= 11 is 0. The molecule has 2 aliphatic heterocycles. The zero-order valence-corrected chi connectivity index (χ0v) is 21.2. The first-order valence-corrected chi connectivity index (χ1v) is 12.9. The van der Waals surface area contributed by atoms with Gasteiger partial charge in [0.1, 0.15) is 24.9 Å². The first kappa shape index (κ1) is 25.2. The van der Waals surface area contributed by atoms with Crippen molar-refractivity contribution in [3.63, 3.8) is 0 Å². The van der Waals surface area contributed by atoms with Crippen LogP contribution in [0.25, 0.3) is 12.2 Å². The normalized spacial score (nSPS) is 24.2. The van der Waals surface area contributed by atoms with Crippen molar-refractivity contribution in [2.45, 2.75) is 36.7 Å². The second-order valence-electron chi connectivity index (χ2n) is 8.12. The lowest BCUT2D eigenvalue weighted by Crippen LogP contribution is -2.34. The van der Waals surface area contributed by atoms with Gasteiger partial charge in [-0.05, 0) is 40.7 Å². The molecular weight excluding hydrogens is 470 g/mol. The van der Waals surface area contributed by atoms with Gasteiger partial charge in [-0.2, -0.15) is 0 Å². The van der Waals surface area contributed by atoms with Gasteiger partial charge in [0.2, 0.25) is 0 Å². The third-order valence-electron chi connectivity index (χ3n) is 5.74. The Kier molecular flexibility index (Phi) is 9.41. The van der Waals surface area contributed by atoms with E-state index in [9.17, 15) is 4.79 Å². The number of hydrogen-bond acceptors (Lipinski definition) is 6. The molecule has 0 N–H and O–H groups in total. The van der Waals surface area contributed by atoms with Gasteiger partial charge < -0.3 is 14.2 Å². The molecule has 0 saturated carbocycles. The van der Waals surface area contributed by atoms with Crippen LogP contribution in [-0.4, -0.2) is 50.2 Å². The standard InChI is InChI=1S/C26H30O6P2/c27-24(12-11-19-5-9-21(17-34)10-6-19)31-22-14-28-26-23(15-29-25(22)26)32-30-13-1-2-18-3-7-20(16-33)8-4-18/h1-12,22-23,25-26H,13-17,33-34H2/b2-1+,12-11-/t22-,23-,25+,26+/m0/s1. The molecule has 2 unspecified atom stereocenters. The van der Waals surface area contributed by atoms with Crippen molar-refractivity contribution in [2.24, 2.45) is 0 Å². The van der Waals surface area contributed by atoms with E-state index in [-0.39, 0.29) is 24.9 Å². The number of fused-ring (bicyclic) bond motifs is 1. The zero-order chi connectivity index (χ0) is 23.8. The predicted octanol–water partition coefficient (Wildman–Crippen LogP) is 4.19. The molecular formula is C26H30O6P2. The van der Waals surface area contributed by atoms with Crippen LogP contribution >= 0.6 is 18.5 Å². The smallest absolute Gasteiger partial charge is 0.331 e. The molecule has 2 fully saturated rings. The van der Waals surface area contributed by atoms with Crippen molar-refractivity contribution in [3.05, 3.63) is 82.9 Å². The number of rotatable bonds is 10. The van der Waals surface area contributed by atoms with Crippen LogP contribution in [0.3, 0.4) is 0 Å². The summed E-state index contributed by atoms with van der Waals surface area (Å²) in [6.07, 6.45) is 7.35. The second-order valence-corrected chi connectivity index (χ2v) is 8.93. The number of esters is 1. The van der Waals surface area contributed by atoms with E-state index in [0.29, 0.717) is 13.2 Å². The zero-order valence-electron chi connectivity index (χ0n) is 18.9. The van der Waals surface area contributed by atoms with E-state index in [1.807, 2.05) is 36.4 Å². The molecule has 0 amide bonds. The predicted molar refractivity (Wildman–Crippen MR) is 138 cm³/mol. The number of benzene rings is 2. The van der Waals surface area contributed by atoms with Crippen molar-refractivity contribution in [3.8, 4) is 0 Å². The minimum atomic E-state index is -0.473. The first-order valence-electron chi connectivity index (χ1n) is 11.3. The van der Waals surface area contributed by atoms with Gasteiger partial charge in [-0.15, -0.1) is 18.5 Å². The monoisotopic (exact) mass is 500 g/mol. The highest BCUT2D eigenvalue weighted by atomic mass is 31.0. The second kappa shape index (κ2) is 12.7. The van der Waals surface area contributed by atoms with Crippen molar-refractivity contribution in [1.29, 1.82) is 0 Å². The Balaban J connectivity index is 1.18. The topological polar surface area (TPSA) is 63.2 Å². The van der Waals surface area contributed by atoms with Crippen LogP contribution in [0, 0.1) is 0 Å². The molecule has 2 heterocycles. The lowest BCUT2D eigenvalue weighted by Gasteiger charge is -2.16. The van der Waals surface area contributed by atoms with Gasteiger partial charge in [-0.3, -0.25) is 0 Å². The van der Waals surface area contributed by atoms with Gasteiger partial charge in [0.25, 0.3) is 0 Å². The first-order chi connectivity index (χ1) is 16.7. The lowest BCUT2D eigenvalue weighted by atomic mass is 10.1. The fraction of sp³-hybridized carbons (Fsp3) is 0.346. The van der Waals surface area contributed by atoms with Crippen molar-refractivity contribution >= 4 is 36.6 Å². The van der Waals surface area contributed by atoms with Crippen LogP contribution in [0.15, 0.2) is 60.7 Å². The van der Waals surface area contributed by atoms with Crippen LogP contribution in [0.5, 0.6) is 0 Å². The fourth-order valence-electron chi connectivity index (χ4n) is 3.85. The number of hydrogen-bond donors (Lipinski definition) is 0. The summed E-state index contributed by atoms with van der Waals surface area (Å²) in [5.74, 6) is -0.426. The average molecular weight is 500 g/mol. The molecule has 6 atom stereocenters. The summed E-state index contributed by atoms with van der Waals surface area (Å²) in [5.41, 5.74) is 4.53. The lowest BCUT2D eigenvalue weighted by molar-refractivity contribution is -0.326. The summed E-state index contributed by atoms with van der Waals surface area (Å²) in [6.45, 7) is 0.895. The molecule has 2 aromatic rings. The van der Waals surface area contributed by atoms with Gasteiger partial charge >= 0.3 is 5.97 Å². The van der Waals surface area contributed by atoms with Crippen molar-refractivity contribution < 1.29 is 28.8 Å². The highest BCUT2D eigenvalue weighted by molar-refractivity contribution is 7.15. The van der Waals surface area contributed by atoms with Gasteiger partial charge in [0.05, 0.1) is 13.2 Å². The molecule has 180 valence electrons. The summed E-state index contributed by atoms with van der Waals surface area (Å²) in [7, 11) is 5.40. The summed E-state index contributed by atoms with van der Waals surface area (Å²) in [6, 6.07) is 16.3. The number of ether oxygens (including phenoxy) is 3. The van der Waals surface area contributed by atoms with Gasteiger partial charge in [-0.25, -0.2) is 14.6 Å². The van der Waals surface area contributed by atoms with Crippen LogP contribution in [0.1, 0.15) is 22.3 Å². The largest absolute Gasteiger partial charge is 0.454 e. The summed E-state index contributed by atoms with van der Waals surface area (Å²) in [5, 5.41) is 0. The van der Waals surface area contributed by atoms with E-state index in [1.54, 1.807) is 6.08 Å². The van der Waals surface area contributed by atoms with E-state index in [2.05, 4.69) is 42.7 Å². The van der Waals surface area contributed by atoms with Crippen LogP contribution in [0.4, 0.5) is 0 Å². The number of carbonyl (C=O) groups excluding carboxylic acids is 1. The Hall–Kier alpha value is -1.91. The van der Waals surface area contributed by atoms with Crippen LogP contribution < -0.4 is 0 Å². The average Bonchev–Trinajstić information content (AvgIpc) is 3.46. The minimum Gasteiger partial charge on any atom is -0.454 e. The molecule has 6 nitrogen and oxygen atoms in total. The summed E-state index contributed by atoms with van der Waals surface area (Å²) in [4.78, 5) is 23.1. The van der Waals surface area contributed by atoms with Gasteiger partial charge in [0.15, 0.2) is 6.10 Å². The Bertz CT molecular complexity index is 989. The summed E-state index contributed by atoms with van der Waals surface area (Å²) < 4.78 is 17.1. The van der Waals surface area contributed by atoms with Crippen LogP contribution in [0.2, 0.25) is 0 Å². The molecule has 34 heavy (non-hydrogen) atoms. The molecule has 2 aromatic carbocycles. The Morgan fingerprint density at radius 3 is 2.03 bits per heavy atom. The molecule has 2 saturated heterocycles. The number of carbonyl (C=O) groups is 1. The molecule has 0 aromatic heterocycles. The molecule has 0 radical (unpaired) electrons. The van der Waals surface area contributed by atoms with E-state index in [1.165, 1.54) is 17.2 Å². The third kappa shape index (κ3) is 6.82. The maximum atomic E-state index is 12.3. The third-order valence-corrected chi connectivity index (χ3v) is 6.68. The SMILES string of the molecule is O=C(/C=C\c1ccc(CP)cc1)O[C@H]1CO[C@H]2[C@@H]1OC[C@@H]2OOC/C=C/c1ccc(CP)cc1. The van der Waals surface area contributed by atoms with Crippen molar-refractivity contribution in [2.75, 3.05) is 19.8 Å². The molecule has 0 spiro atoms. The van der Waals surface area contributed by atoms with E-state index < -0.39 is 12.1 Å². The highest BCUT2D eigenvalue weighted by Gasteiger charge is 2.50. The molecule has 4 rings (SSSR count). The highest BCUT2D eigenvalue weighted by Crippen LogP contribution is 2.30. The van der Waals surface area contributed by atoms with Gasteiger partial charge in [-0.1, -0.05) is 60.7 Å². The quantitative estimate of drug-likeness (QED) is 0.122. The Labute approximate surface area is 205 Å². The van der Waals surface area contributed by atoms with Crippen molar-refractivity contribution in [1.82, 2.24) is 0 Å². The van der Waals surface area contributed by atoms with E-state index >= 15 is 0 Å². The van der Waals surface area contributed by atoms with E-state index in [0.717, 1.165) is 23.5 Å². The van der Waals surface area contributed by atoms with E-state index in [4.69, 9.17) is 24.0 Å².